The molecule has 8 heteroatoms. The van der Waals surface area contributed by atoms with Crippen LogP contribution in [0.4, 0.5) is 11.4 Å². The molecule has 30 heavy (non-hydrogen) atoms. The van der Waals surface area contributed by atoms with Gasteiger partial charge in [0.15, 0.2) is 11.5 Å². The highest BCUT2D eigenvalue weighted by Crippen LogP contribution is 2.41. The van der Waals surface area contributed by atoms with Crippen molar-refractivity contribution in [2.75, 3.05) is 19.5 Å². The Morgan fingerprint density at radius 2 is 1.67 bits per heavy atom. The molecule has 0 spiro atoms. The number of ether oxygens (including phenoxy) is 3. The van der Waals surface area contributed by atoms with Crippen LogP contribution in [0.15, 0.2) is 30.5 Å². The maximum absolute atomic E-state index is 9.66. The number of nitrogens with one attached hydrogen (secondary N) is 1. The van der Waals surface area contributed by atoms with Crippen molar-refractivity contribution in [3.8, 4) is 23.3 Å². The van der Waals surface area contributed by atoms with E-state index in [2.05, 4.69) is 16.4 Å². The molecular weight excluding hydrogens is 425 g/mol. The molecule has 0 saturated heterocycles. The number of aromatic nitrogens is 1. The lowest BCUT2D eigenvalue weighted by Gasteiger charge is -2.23. The van der Waals surface area contributed by atoms with E-state index in [0.29, 0.717) is 55.1 Å². The summed E-state index contributed by atoms with van der Waals surface area (Å²) in [6, 6.07) is 8.99. The van der Waals surface area contributed by atoms with Gasteiger partial charge >= 0.3 is 0 Å². The molecule has 156 valence electrons. The zero-order valence-corrected chi connectivity index (χ0v) is 18.8. The van der Waals surface area contributed by atoms with E-state index in [1.165, 1.54) is 13.3 Å². The number of nitrogens with zero attached hydrogens (tertiary/aromatic N) is 2. The van der Waals surface area contributed by atoms with Gasteiger partial charge in [0.05, 0.1) is 46.7 Å². The molecule has 1 N–H and O–H groups in total. The van der Waals surface area contributed by atoms with E-state index < -0.39 is 5.60 Å². The summed E-state index contributed by atoms with van der Waals surface area (Å²) in [5.41, 5.74) is 1.61. The summed E-state index contributed by atoms with van der Waals surface area (Å²) in [5.74, 6) is 1.54. The van der Waals surface area contributed by atoms with Crippen LogP contribution in [-0.4, -0.2) is 24.8 Å². The number of nitriles is 1. The second-order valence-electron chi connectivity index (χ2n) is 7.48. The minimum Gasteiger partial charge on any atom is -0.495 e. The molecule has 0 aliphatic rings. The fourth-order valence-electron chi connectivity index (χ4n) is 2.90. The van der Waals surface area contributed by atoms with E-state index in [0.717, 1.165) is 0 Å². The average molecular weight is 446 g/mol. The van der Waals surface area contributed by atoms with Crippen molar-refractivity contribution in [3.05, 3.63) is 46.1 Å². The fraction of sp³-hybridized carbons (Fsp3) is 0.273. The minimum absolute atomic E-state index is 0.347. The lowest BCUT2D eigenvalue weighted by Crippen LogP contribution is -2.23. The topological polar surface area (TPSA) is 76.4 Å². The van der Waals surface area contributed by atoms with Crippen LogP contribution in [-0.2, 0) is 0 Å². The van der Waals surface area contributed by atoms with Crippen molar-refractivity contribution >= 4 is 45.5 Å². The first-order chi connectivity index (χ1) is 14.2. The fourth-order valence-corrected chi connectivity index (χ4v) is 3.41. The molecule has 6 nitrogen and oxygen atoms in total. The Hall–Kier alpha value is -2.88. The van der Waals surface area contributed by atoms with Crippen molar-refractivity contribution < 1.29 is 14.2 Å². The largest absolute Gasteiger partial charge is 0.495 e. The van der Waals surface area contributed by atoms with Crippen LogP contribution in [0.5, 0.6) is 17.2 Å². The van der Waals surface area contributed by atoms with Gasteiger partial charge in [-0.3, -0.25) is 4.98 Å². The summed E-state index contributed by atoms with van der Waals surface area (Å²) in [6.45, 7) is 5.83. The van der Waals surface area contributed by atoms with Gasteiger partial charge in [0.25, 0.3) is 0 Å². The summed E-state index contributed by atoms with van der Waals surface area (Å²) in [6.07, 6.45) is 1.50. The van der Waals surface area contributed by atoms with Gasteiger partial charge in [-0.05, 0) is 32.9 Å². The number of benzene rings is 2. The van der Waals surface area contributed by atoms with Gasteiger partial charge in [-0.15, -0.1) is 0 Å². The summed E-state index contributed by atoms with van der Waals surface area (Å²) >= 11 is 12.5. The molecule has 1 aromatic heterocycles. The molecular formula is C22H21Cl2N3O3. The van der Waals surface area contributed by atoms with Crippen LogP contribution in [0.25, 0.3) is 10.9 Å². The van der Waals surface area contributed by atoms with Crippen LogP contribution < -0.4 is 19.5 Å². The lowest BCUT2D eigenvalue weighted by atomic mass is 10.1. The Morgan fingerprint density at radius 3 is 2.27 bits per heavy atom. The number of rotatable bonds is 5. The standard InChI is InChI=1S/C22H21Cl2N3O3/c1-22(2,3)30-20-6-13-16(8-19(20)29-5)26-11-12(10-25)21(13)27-17-9-18(28-4)15(24)7-14(17)23/h6-9,11H,1-5H3,(H,26,27). The molecule has 3 aromatic rings. The normalized spacial score (nSPS) is 11.1. The third kappa shape index (κ3) is 4.48. The molecule has 0 unspecified atom stereocenters. The molecule has 1 heterocycles. The van der Waals surface area contributed by atoms with Gasteiger partial charge in [0, 0.05) is 23.7 Å². The van der Waals surface area contributed by atoms with Gasteiger partial charge in [-0.2, -0.15) is 5.26 Å². The molecule has 2 aromatic carbocycles. The molecule has 0 bridgehead atoms. The highest BCUT2D eigenvalue weighted by Gasteiger charge is 2.19. The maximum Gasteiger partial charge on any atom is 0.162 e. The highest BCUT2D eigenvalue weighted by molar-refractivity contribution is 6.37. The van der Waals surface area contributed by atoms with Crippen LogP contribution in [0, 0.1) is 11.3 Å². The highest BCUT2D eigenvalue weighted by atomic mass is 35.5. The number of fused-ring (bicyclic) bond motifs is 1. The Morgan fingerprint density at radius 1 is 0.967 bits per heavy atom. The molecule has 0 aliphatic heterocycles. The van der Waals surface area contributed by atoms with Crippen LogP contribution in [0.3, 0.4) is 0 Å². The molecule has 3 rings (SSSR count). The number of halogens is 2. The van der Waals surface area contributed by atoms with E-state index in [-0.39, 0.29) is 0 Å². The van der Waals surface area contributed by atoms with Gasteiger partial charge in [0.1, 0.15) is 17.4 Å². The van der Waals surface area contributed by atoms with Gasteiger partial charge in [0.2, 0.25) is 0 Å². The predicted octanol–water partition coefficient (Wildman–Crippen LogP) is 6.35. The molecule has 0 atom stereocenters. The monoisotopic (exact) mass is 445 g/mol. The number of pyridine rings is 1. The quantitative estimate of drug-likeness (QED) is 0.492. The van der Waals surface area contributed by atoms with E-state index in [4.69, 9.17) is 37.4 Å². The van der Waals surface area contributed by atoms with E-state index >= 15 is 0 Å². The molecule has 0 amide bonds. The van der Waals surface area contributed by atoms with Crippen molar-refractivity contribution in [2.24, 2.45) is 0 Å². The van der Waals surface area contributed by atoms with Crippen molar-refractivity contribution in [1.82, 2.24) is 4.98 Å². The second kappa shape index (κ2) is 8.47. The molecule has 0 fully saturated rings. The summed E-state index contributed by atoms with van der Waals surface area (Å²) < 4.78 is 16.8. The van der Waals surface area contributed by atoms with Crippen LogP contribution >= 0.6 is 23.2 Å². The molecule has 0 saturated carbocycles. The smallest absolute Gasteiger partial charge is 0.162 e. The van der Waals surface area contributed by atoms with E-state index in [1.54, 1.807) is 31.4 Å². The van der Waals surface area contributed by atoms with Crippen molar-refractivity contribution in [3.63, 3.8) is 0 Å². The van der Waals surface area contributed by atoms with E-state index in [1.807, 2.05) is 20.8 Å². The first-order valence-electron chi connectivity index (χ1n) is 9.06. The molecule has 0 aliphatic carbocycles. The Balaban J connectivity index is 2.22. The zero-order valence-electron chi connectivity index (χ0n) is 17.3. The Kier molecular flexibility index (Phi) is 6.16. The summed E-state index contributed by atoms with van der Waals surface area (Å²) in [4.78, 5) is 4.39. The third-order valence-electron chi connectivity index (χ3n) is 4.19. The predicted molar refractivity (Wildman–Crippen MR) is 120 cm³/mol. The number of anilines is 2. The zero-order chi connectivity index (χ0) is 22.1. The van der Waals surface area contributed by atoms with E-state index in [9.17, 15) is 5.26 Å². The number of methoxy groups -OCH3 is 2. The summed E-state index contributed by atoms with van der Waals surface area (Å²) in [5, 5.41) is 14.3. The van der Waals surface area contributed by atoms with Crippen LogP contribution in [0.2, 0.25) is 10.0 Å². The minimum atomic E-state index is -0.443. The second-order valence-corrected chi connectivity index (χ2v) is 8.30. The van der Waals surface area contributed by atoms with Crippen LogP contribution in [0.1, 0.15) is 26.3 Å². The average Bonchev–Trinajstić information content (AvgIpc) is 2.68. The van der Waals surface area contributed by atoms with Crippen molar-refractivity contribution in [2.45, 2.75) is 26.4 Å². The number of hydrogen-bond donors (Lipinski definition) is 1. The Labute approximate surface area is 185 Å². The number of hydrogen-bond acceptors (Lipinski definition) is 6. The Bertz CT molecular complexity index is 1150. The third-order valence-corrected chi connectivity index (χ3v) is 4.80. The van der Waals surface area contributed by atoms with Gasteiger partial charge in [-0.1, -0.05) is 23.2 Å². The first-order valence-corrected chi connectivity index (χ1v) is 9.82. The maximum atomic E-state index is 9.66. The lowest BCUT2D eigenvalue weighted by molar-refractivity contribution is 0.126. The SMILES string of the molecule is COc1cc(Nc2c(C#N)cnc3cc(OC)c(OC(C)(C)C)cc23)c(Cl)cc1Cl. The van der Waals surface area contributed by atoms with Gasteiger partial charge in [-0.25, -0.2) is 0 Å². The molecule has 0 radical (unpaired) electrons. The first kappa shape index (κ1) is 21.8. The van der Waals surface area contributed by atoms with Crippen molar-refractivity contribution in [1.29, 1.82) is 5.26 Å². The van der Waals surface area contributed by atoms with Gasteiger partial charge < -0.3 is 19.5 Å². The summed E-state index contributed by atoms with van der Waals surface area (Å²) in [7, 11) is 3.09.